The number of carbonyl (C=O) groups is 2. The predicted octanol–water partition coefficient (Wildman–Crippen LogP) is 0.909. The molecule has 1 heterocycles. The van der Waals surface area contributed by atoms with E-state index in [0.717, 1.165) is 0 Å². The number of nitrogens with zero attached hydrogens (tertiary/aromatic N) is 2. The van der Waals surface area contributed by atoms with Crippen LogP contribution in [0.25, 0.3) is 0 Å². The third-order valence-electron chi connectivity index (χ3n) is 4.54. The quantitative estimate of drug-likeness (QED) is 0.748. The fraction of sp³-hybridized carbons (Fsp3) is 0.786. The Kier molecular flexibility index (Phi) is 3.18. The zero-order chi connectivity index (χ0) is 14.4. The average Bonchev–Trinajstić information content (AvgIpc) is 2.80. The molecule has 5 heteroatoms. The molecule has 1 saturated heterocycles. The van der Waals surface area contributed by atoms with Crippen molar-refractivity contribution in [2.75, 3.05) is 13.1 Å². The Hall–Kier alpha value is -1.41. The minimum absolute atomic E-state index is 0.0585. The summed E-state index contributed by atoms with van der Waals surface area (Å²) in [5, 5.41) is 12.3. The lowest BCUT2D eigenvalue weighted by Crippen LogP contribution is -2.46. The van der Waals surface area contributed by atoms with E-state index in [1.807, 2.05) is 20.8 Å². The van der Waals surface area contributed by atoms with Crippen molar-refractivity contribution >= 4 is 11.8 Å². The molecule has 3 unspecified atom stereocenters. The smallest absolute Gasteiger partial charge is 0.233 e. The molecule has 0 aromatic carbocycles. The minimum Gasteiger partial charge on any atom is -0.300 e. The molecule has 2 amide bonds. The monoisotopic (exact) mass is 263 g/mol. The first kappa shape index (κ1) is 14.0. The van der Waals surface area contributed by atoms with Gasteiger partial charge in [-0.15, -0.1) is 0 Å². The van der Waals surface area contributed by atoms with Crippen molar-refractivity contribution in [3.63, 3.8) is 0 Å². The van der Waals surface area contributed by atoms with Gasteiger partial charge in [0.25, 0.3) is 0 Å². The maximum atomic E-state index is 12.1. The number of piperidine rings is 1. The van der Waals surface area contributed by atoms with Gasteiger partial charge in [0.05, 0.1) is 17.9 Å². The van der Waals surface area contributed by atoms with Gasteiger partial charge in [-0.3, -0.25) is 19.8 Å². The van der Waals surface area contributed by atoms with E-state index in [2.05, 4.69) is 11.4 Å². The van der Waals surface area contributed by atoms with E-state index in [9.17, 15) is 9.59 Å². The fourth-order valence-corrected chi connectivity index (χ4v) is 3.13. The van der Waals surface area contributed by atoms with Crippen molar-refractivity contribution in [1.82, 2.24) is 10.2 Å². The Morgan fingerprint density at radius 1 is 1.37 bits per heavy atom. The number of hydrogen-bond donors (Lipinski definition) is 1. The number of hydrogen-bond acceptors (Lipinski definition) is 4. The highest BCUT2D eigenvalue weighted by Crippen LogP contribution is 2.63. The Morgan fingerprint density at radius 3 is 2.32 bits per heavy atom. The maximum absolute atomic E-state index is 12.1. The highest BCUT2D eigenvalue weighted by Gasteiger charge is 2.72. The average molecular weight is 263 g/mol. The Morgan fingerprint density at radius 2 is 1.89 bits per heavy atom. The number of amides is 2. The van der Waals surface area contributed by atoms with Gasteiger partial charge in [0.2, 0.25) is 11.8 Å². The first-order valence-electron chi connectivity index (χ1n) is 6.80. The third kappa shape index (κ3) is 2.04. The molecule has 19 heavy (non-hydrogen) atoms. The second-order valence-corrected chi connectivity index (χ2v) is 6.33. The number of nitrogens with one attached hydrogen (secondary N) is 1. The first-order chi connectivity index (χ1) is 8.78. The van der Waals surface area contributed by atoms with E-state index >= 15 is 0 Å². The van der Waals surface area contributed by atoms with Crippen LogP contribution in [0.3, 0.4) is 0 Å². The van der Waals surface area contributed by atoms with Crippen LogP contribution in [0.1, 0.15) is 34.1 Å². The summed E-state index contributed by atoms with van der Waals surface area (Å²) in [7, 11) is 0. The summed E-state index contributed by atoms with van der Waals surface area (Å²) in [6.45, 7) is 8.68. The van der Waals surface area contributed by atoms with Gasteiger partial charge in [-0.05, 0) is 25.3 Å². The van der Waals surface area contributed by atoms with E-state index in [1.165, 1.54) is 4.90 Å². The molecule has 1 aliphatic heterocycles. The van der Waals surface area contributed by atoms with Gasteiger partial charge in [-0.25, -0.2) is 0 Å². The van der Waals surface area contributed by atoms with Crippen LogP contribution in [-0.4, -0.2) is 35.3 Å². The molecule has 2 fully saturated rings. The van der Waals surface area contributed by atoms with Crippen molar-refractivity contribution in [3.8, 4) is 6.07 Å². The highest BCUT2D eigenvalue weighted by molar-refractivity contribution is 6.10. The van der Waals surface area contributed by atoms with Gasteiger partial charge < -0.3 is 0 Å². The van der Waals surface area contributed by atoms with Crippen LogP contribution in [0.4, 0.5) is 0 Å². The number of rotatable bonds is 5. The normalized spacial score (nSPS) is 30.8. The molecule has 5 nitrogen and oxygen atoms in total. The summed E-state index contributed by atoms with van der Waals surface area (Å²) in [5.41, 5.74) is -0.845. The topological polar surface area (TPSA) is 73.2 Å². The zero-order valence-corrected chi connectivity index (χ0v) is 12.0. The van der Waals surface area contributed by atoms with Crippen molar-refractivity contribution in [2.24, 2.45) is 17.3 Å². The summed E-state index contributed by atoms with van der Waals surface area (Å²) in [4.78, 5) is 25.6. The van der Waals surface area contributed by atoms with E-state index in [0.29, 0.717) is 19.5 Å². The molecule has 0 aromatic heterocycles. The van der Waals surface area contributed by atoms with Crippen LogP contribution in [-0.2, 0) is 9.59 Å². The first-order valence-corrected chi connectivity index (χ1v) is 6.80. The molecule has 0 bridgehead atoms. The number of likely N-dealkylation sites (tertiary alicyclic amines) is 1. The van der Waals surface area contributed by atoms with Crippen molar-refractivity contribution in [2.45, 2.75) is 39.7 Å². The van der Waals surface area contributed by atoms with Crippen LogP contribution < -0.4 is 5.32 Å². The second kappa shape index (κ2) is 4.31. The van der Waals surface area contributed by atoms with Gasteiger partial charge in [0.15, 0.2) is 0 Å². The molecule has 104 valence electrons. The standard InChI is InChI=1S/C14H21N3O2/c1-5-16-14(4,8-15)6-7-17-11(18)9-10(12(17)19)13(9,2)3/h9-10,16H,5-7H2,1-4H3. The molecule has 3 atom stereocenters. The third-order valence-corrected chi connectivity index (χ3v) is 4.54. The van der Waals surface area contributed by atoms with Crippen molar-refractivity contribution < 1.29 is 9.59 Å². The van der Waals surface area contributed by atoms with Gasteiger partial charge in [0.1, 0.15) is 5.54 Å². The second-order valence-electron chi connectivity index (χ2n) is 6.33. The fourth-order valence-electron chi connectivity index (χ4n) is 3.13. The van der Waals surface area contributed by atoms with Crippen LogP contribution in [0.2, 0.25) is 0 Å². The van der Waals surface area contributed by atoms with E-state index in [4.69, 9.17) is 5.26 Å². The summed E-state index contributed by atoms with van der Waals surface area (Å²) in [6, 6.07) is 2.21. The molecule has 0 aromatic rings. The largest absolute Gasteiger partial charge is 0.300 e. The number of nitriles is 1. The molecular weight excluding hydrogens is 242 g/mol. The lowest BCUT2D eigenvalue weighted by Gasteiger charge is -2.26. The van der Waals surface area contributed by atoms with Crippen LogP contribution >= 0.6 is 0 Å². The van der Waals surface area contributed by atoms with Gasteiger partial charge >= 0.3 is 0 Å². The van der Waals surface area contributed by atoms with Gasteiger partial charge in [-0.2, -0.15) is 5.26 Å². The molecule has 1 aliphatic carbocycles. The molecular formula is C14H21N3O2. The predicted molar refractivity (Wildman–Crippen MR) is 69.8 cm³/mol. The molecule has 0 radical (unpaired) electrons. The molecule has 1 saturated carbocycles. The Labute approximate surface area is 113 Å². The van der Waals surface area contributed by atoms with Crippen molar-refractivity contribution in [3.05, 3.63) is 0 Å². The summed E-state index contributed by atoms with van der Waals surface area (Å²) >= 11 is 0. The Balaban J connectivity index is 1.98. The Bertz CT molecular complexity index is 442. The van der Waals surface area contributed by atoms with E-state index in [1.54, 1.807) is 6.92 Å². The highest BCUT2D eigenvalue weighted by atomic mass is 16.2. The minimum atomic E-state index is -0.683. The van der Waals surface area contributed by atoms with E-state index < -0.39 is 5.54 Å². The molecule has 2 rings (SSSR count). The lowest BCUT2D eigenvalue weighted by atomic mass is 9.98. The summed E-state index contributed by atoms with van der Waals surface area (Å²) in [5.74, 6) is -0.381. The van der Waals surface area contributed by atoms with Crippen molar-refractivity contribution in [1.29, 1.82) is 5.26 Å². The van der Waals surface area contributed by atoms with E-state index in [-0.39, 0.29) is 29.1 Å². The molecule has 0 spiro atoms. The summed E-state index contributed by atoms with van der Waals surface area (Å²) < 4.78 is 0. The zero-order valence-electron chi connectivity index (χ0n) is 12.0. The van der Waals surface area contributed by atoms with Crippen LogP contribution in [0.15, 0.2) is 0 Å². The summed E-state index contributed by atoms with van der Waals surface area (Å²) in [6.07, 6.45) is 0.467. The van der Waals surface area contributed by atoms with Crippen LogP contribution in [0.5, 0.6) is 0 Å². The van der Waals surface area contributed by atoms with Crippen LogP contribution in [0, 0.1) is 28.6 Å². The number of carbonyl (C=O) groups excluding carboxylic acids is 2. The molecule has 2 aliphatic rings. The molecule has 1 N–H and O–H groups in total. The van der Waals surface area contributed by atoms with Gasteiger partial charge in [-0.1, -0.05) is 20.8 Å². The maximum Gasteiger partial charge on any atom is 0.233 e. The SMILES string of the molecule is CCNC(C)(C#N)CCN1C(=O)C2C(C1=O)C2(C)C. The number of fused-ring (bicyclic) bond motifs is 1. The lowest BCUT2D eigenvalue weighted by molar-refractivity contribution is -0.143. The van der Waals surface area contributed by atoms with Gasteiger partial charge in [0, 0.05) is 6.54 Å². The number of imide groups is 1.